The maximum Gasteiger partial charge on any atom is 0.320 e. The summed E-state index contributed by atoms with van der Waals surface area (Å²) >= 11 is 0. The summed E-state index contributed by atoms with van der Waals surface area (Å²) in [6.07, 6.45) is 5.84. The van der Waals surface area contributed by atoms with E-state index in [1.807, 2.05) is 11.1 Å². The van der Waals surface area contributed by atoms with Crippen LogP contribution in [0.25, 0.3) is 0 Å². The van der Waals surface area contributed by atoms with E-state index >= 15 is 0 Å². The number of aromatic nitrogens is 2. The van der Waals surface area contributed by atoms with Crippen LogP contribution in [-0.2, 0) is 11.3 Å². The summed E-state index contributed by atoms with van der Waals surface area (Å²) < 4.78 is 7.57. The molecule has 8 nitrogen and oxygen atoms in total. The van der Waals surface area contributed by atoms with Gasteiger partial charge in [-0.1, -0.05) is 0 Å². The molecule has 1 aliphatic carbocycles. The number of carbonyl (C=O) groups is 1. The molecule has 8 heteroatoms. The smallest absolute Gasteiger partial charge is 0.320 e. The van der Waals surface area contributed by atoms with Crippen molar-refractivity contribution in [2.45, 2.75) is 31.5 Å². The minimum absolute atomic E-state index is 0.0173. The van der Waals surface area contributed by atoms with E-state index in [1.54, 1.807) is 4.90 Å². The molecule has 0 bridgehead atoms. The molecule has 1 aromatic rings. The third-order valence-electron chi connectivity index (χ3n) is 5.19. The first kappa shape index (κ1) is 16.8. The highest BCUT2D eigenvalue weighted by Crippen LogP contribution is 2.35. The lowest BCUT2D eigenvalue weighted by Crippen LogP contribution is -2.50. The van der Waals surface area contributed by atoms with Crippen molar-refractivity contribution in [3.8, 4) is 0 Å². The van der Waals surface area contributed by atoms with E-state index in [-0.39, 0.29) is 6.03 Å². The van der Waals surface area contributed by atoms with Crippen LogP contribution in [0.1, 0.15) is 24.7 Å². The topological polar surface area (TPSA) is 74.1 Å². The van der Waals surface area contributed by atoms with E-state index in [9.17, 15) is 9.90 Å². The highest BCUT2D eigenvalue weighted by atomic mass is 16.5. The minimum atomic E-state index is -0.531. The number of aliphatic hydroxyl groups excluding tert-OH is 1. The Balaban J connectivity index is 1.37. The molecule has 3 aliphatic rings. The number of rotatable bonds is 3. The fourth-order valence-electron chi connectivity index (χ4n) is 3.68. The normalized spacial score (nSPS) is 25.9. The van der Waals surface area contributed by atoms with Gasteiger partial charge in [0.05, 0.1) is 25.9 Å². The van der Waals surface area contributed by atoms with Crippen molar-refractivity contribution in [1.29, 1.82) is 0 Å². The van der Waals surface area contributed by atoms with Crippen LogP contribution in [0.2, 0.25) is 0 Å². The number of hydrogen-bond acceptors (Lipinski definition) is 5. The molecule has 0 aromatic carbocycles. The van der Waals surface area contributed by atoms with E-state index < -0.39 is 6.10 Å². The Labute approximate surface area is 148 Å². The van der Waals surface area contributed by atoms with E-state index in [0.29, 0.717) is 52.0 Å². The molecular formula is C17H27N5O3. The third kappa shape index (κ3) is 3.96. The number of morpholine rings is 1. The summed E-state index contributed by atoms with van der Waals surface area (Å²) in [5.74, 6) is 1.06. The highest BCUT2D eigenvalue weighted by Gasteiger charge is 2.30. The van der Waals surface area contributed by atoms with Gasteiger partial charge in [0.25, 0.3) is 0 Å². The summed E-state index contributed by atoms with van der Waals surface area (Å²) in [5.41, 5.74) is 0. The van der Waals surface area contributed by atoms with E-state index in [1.165, 1.54) is 12.8 Å². The van der Waals surface area contributed by atoms with Crippen molar-refractivity contribution in [3.63, 3.8) is 0 Å². The summed E-state index contributed by atoms with van der Waals surface area (Å²) in [6, 6.07) is 0.623. The van der Waals surface area contributed by atoms with Crippen LogP contribution >= 0.6 is 0 Å². The van der Waals surface area contributed by atoms with Crippen molar-refractivity contribution < 1.29 is 14.6 Å². The van der Waals surface area contributed by atoms with Crippen molar-refractivity contribution in [2.75, 3.05) is 52.5 Å². The lowest BCUT2D eigenvalue weighted by Gasteiger charge is -2.32. The number of urea groups is 1. The maximum absolute atomic E-state index is 12.7. The van der Waals surface area contributed by atoms with Gasteiger partial charge in [-0.15, -0.1) is 0 Å². The average Bonchev–Trinajstić information content (AvgIpc) is 3.40. The van der Waals surface area contributed by atoms with Gasteiger partial charge in [0.2, 0.25) is 0 Å². The predicted molar refractivity (Wildman–Crippen MR) is 91.1 cm³/mol. The molecule has 1 atom stereocenters. The monoisotopic (exact) mass is 349 g/mol. The number of amides is 2. The van der Waals surface area contributed by atoms with Crippen LogP contribution in [0.15, 0.2) is 12.4 Å². The Morgan fingerprint density at radius 2 is 1.96 bits per heavy atom. The quantitative estimate of drug-likeness (QED) is 0.841. The van der Waals surface area contributed by atoms with Gasteiger partial charge in [-0.2, -0.15) is 0 Å². The number of β-amino-alcohol motifs (C(OH)–C–C–N with tert-alkyl or cyclic N) is 1. The lowest BCUT2D eigenvalue weighted by molar-refractivity contribution is 0.0398. The Hall–Kier alpha value is -1.64. The first-order valence-corrected chi connectivity index (χ1v) is 9.24. The van der Waals surface area contributed by atoms with E-state index in [0.717, 1.165) is 18.9 Å². The van der Waals surface area contributed by atoms with Crippen molar-refractivity contribution >= 4 is 6.03 Å². The number of nitrogens with zero attached hydrogens (tertiary/aromatic N) is 5. The Morgan fingerprint density at radius 3 is 2.72 bits per heavy atom. The zero-order valence-electron chi connectivity index (χ0n) is 14.6. The summed E-state index contributed by atoms with van der Waals surface area (Å²) in [7, 11) is 0. The second-order valence-electron chi connectivity index (χ2n) is 7.20. The molecule has 2 amide bonds. The van der Waals surface area contributed by atoms with Crippen LogP contribution in [0, 0.1) is 0 Å². The second kappa shape index (κ2) is 7.31. The molecule has 3 heterocycles. The molecule has 1 aromatic heterocycles. The van der Waals surface area contributed by atoms with Crippen molar-refractivity contribution in [1.82, 2.24) is 24.3 Å². The minimum Gasteiger partial charge on any atom is -0.390 e. The molecule has 2 saturated heterocycles. The first-order chi connectivity index (χ1) is 12.2. The van der Waals surface area contributed by atoms with Crippen molar-refractivity contribution in [3.05, 3.63) is 18.2 Å². The molecule has 3 fully saturated rings. The number of hydrogen-bond donors (Lipinski definition) is 1. The summed E-state index contributed by atoms with van der Waals surface area (Å²) in [4.78, 5) is 23.0. The Bertz CT molecular complexity index is 597. The van der Waals surface area contributed by atoms with Gasteiger partial charge < -0.3 is 24.2 Å². The molecule has 1 unspecified atom stereocenters. The van der Waals surface area contributed by atoms with Crippen molar-refractivity contribution in [2.24, 2.45) is 0 Å². The molecular weight excluding hydrogens is 322 g/mol. The summed E-state index contributed by atoms with van der Waals surface area (Å²) in [5, 5.41) is 10.4. The number of imidazole rings is 1. The van der Waals surface area contributed by atoms with Crippen LogP contribution in [0.5, 0.6) is 0 Å². The molecule has 0 radical (unpaired) electrons. The Morgan fingerprint density at radius 1 is 1.16 bits per heavy atom. The van der Waals surface area contributed by atoms with Crippen LogP contribution in [0.4, 0.5) is 4.79 Å². The zero-order valence-corrected chi connectivity index (χ0v) is 14.6. The van der Waals surface area contributed by atoms with Gasteiger partial charge in [0.1, 0.15) is 5.82 Å². The second-order valence-corrected chi connectivity index (χ2v) is 7.20. The summed E-state index contributed by atoms with van der Waals surface area (Å²) in [6.45, 7) is 5.54. The molecule has 1 N–H and O–H groups in total. The van der Waals surface area contributed by atoms with Crippen LogP contribution in [-0.4, -0.2) is 94.0 Å². The lowest BCUT2D eigenvalue weighted by atomic mass is 10.3. The van der Waals surface area contributed by atoms with Gasteiger partial charge in [-0.3, -0.25) is 4.90 Å². The number of carbonyl (C=O) groups excluding carboxylic acids is 1. The van der Waals surface area contributed by atoms with Gasteiger partial charge in [0, 0.05) is 57.7 Å². The van der Waals surface area contributed by atoms with E-state index in [4.69, 9.17) is 4.74 Å². The van der Waals surface area contributed by atoms with Gasteiger partial charge >= 0.3 is 6.03 Å². The predicted octanol–water partition coefficient (Wildman–Crippen LogP) is 0.149. The first-order valence-electron chi connectivity index (χ1n) is 9.24. The molecule has 4 rings (SSSR count). The highest BCUT2D eigenvalue weighted by molar-refractivity contribution is 5.74. The SMILES string of the molecule is O=C(N1CCOCC1)N1CCN(Cc2nccn2C2CC2)CC(O)C1. The largest absolute Gasteiger partial charge is 0.390 e. The van der Waals surface area contributed by atoms with Gasteiger partial charge in [-0.05, 0) is 12.8 Å². The molecule has 138 valence electrons. The molecule has 25 heavy (non-hydrogen) atoms. The van der Waals surface area contributed by atoms with Crippen LogP contribution < -0.4 is 0 Å². The van der Waals surface area contributed by atoms with E-state index in [2.05, 4.69) is 20.6 Å². The standard InChI is InChI=1S/C17H27N5O3/c23-15-11-19(13-16-18-3-4-22(16)14-1-2-14)5-6-21(12-15)17(24)20-7-9-25-10-8-20/h3-4,14-15,23H,1-2,5-13H2. The zero-order chi connectivity index (χ0) is 17.2. The third-order valence-corrected chi connectivity index (χ3v) is 5.19. The van der Waals surface area contributed by atoms with Gasteiger partial charge in [-0.25, -0.2) is 9.78 Å². The average molecular weight is 349 g/mol. The fourth-order valence-corrected chi connectivity index (χ4v) is 3.68. The fraction of sp³-hybridized carbons (Fsp3) is 0.765. The number of ether oxygens (including phenoxy) is 1. The molecule has 2 aliphatic heterocycles. The van der Waals surface area contributed by atoms with Gasteiger partial charge in [0.15, 0.2) is 0 Å². The molecule has 1 saturated carbocycles. The maximum atomic E-state index is 12.7. The molecule has 0 spiro atoms. The Kier molecular flexibility index (Phi) is 4.91. The van der Waals surface area contributed by atoms with Crippen LogP contribution in [0.3, 0.4) is 0 Å². The number of aliphatic hydroxyl groups is 1.